The maximum absolute atomic E-state index is 5.33. The molecule has 2 heterocycles. The van der Waals surface area contributed by atoms with Gasteiger partial charge in [0.2, 0.25) is 5.88 Å². The normalized spacial score (nSPS) is 20.8. The molecule has 1 fully saturated rings. The first kappa shape index (κ1) is 11.0. The molecule has 4 nitrogen and oxygen atoms in total. The lowest BCUT2D eigenvalue weighted by Crippen LogP contribution is -2.28. The summed E-state index contributed by atoms with van der Waals surface area (Å²) in [5.74, 6) is 1.73. The first-order valence-electron chi connectivity index (χ1n) is 6.46. The summed E-state index contributed by atoms with van der Waals surface area (Å²) in [6.45, 7) is 3.51. The zero-order valence-corrected chi connectivity index (χ0v) is 10.4. The minimum absolute atomic E-state index is 0.767. The van der Waals surface area contributed by atoms with Gasteiger partial charge in [-0.25, -0.2) is 9.97 Å². The van der Waals surface area contributed by atoms with Crippen LogP contribution >= 0.6 is 0 Å². The van der Waals surface area contributed by atoms with Crippen LogP contribution < -0.4 is 4.74 Å². The van der Waals surface area contributed by atoms with Gasteiger partial charge in [0.05, 0.1) is 12.8 Å². The van der Waals surface area contributed by atoms with Crippen LogP contribution in [0.15, 0.2) is 6.33 Å². The van der Waals surface area contributed by atoms with Crippen LogP contribution in [0, 0.1) is 5.92 Å². The molecule has 1 aliphatic heterocycles. The molecular weight excluding hydrogens is 214 g/mol. The van der Waals surface area contributed by atoms with Gasteiger partial charge in [-0.3, -0.25) is 0 Å². The second-order valence-electron chi connectivity index (χ2n) is 5.05. The van der Waals surface area contributed by atoms with Gasteiger partial charge in [-0.15, -0.1) is 0 Å². The van der Waals surface area contributed by atoms with Crippen LogP contribution in [-0.4, -0.2) is 41.6 Å². The van der Waals surface area contributed by atoms with E-state index in [-0.39, 0.29) is 0 Å². The van der Waals surface area contributed by atoms with Gasteiger partial charge in [0.1, 0.15) is 6.33 Å². The Labute approximate surface area is 102 Å². The van der Waals surface area contributed by atoms with Gasteiger partial charge in [-0.2, -0.15) is 0 Å². The van der Waals surface area contributed by atoms with Crippen LogP contribution in [0.25, 0.3) is 0 Å². The second-order valence-corrected chi connectivity index (χ2v) is 5.05. The minimum atomic E-state index is 0.767. The highest BCUT2D eigenvalue weighted by Gasteiger charge is 2.26. The van der Waals surface area contributed by atoms with Crippen molar-refractivity contribution in [1.82, 2.24) is 14.9 Å². The number of rotatable bonds is 3. The maximum Gasteiger partial charge on any atom is 0.219 e. The Morgan fingerprint density at radius 2 is 2.12 bits per heavy atom. The number of methoxy groups -OCH3 is 1. The van der Waals surface area contributed by atoms with Crippen molar-refractivity contribution in [2.45, 2.75) is 25.7 Å². The Balaban J connectivity index is 1.74. The highest BCUT2D eigenvalue weighted by Crippen LogP contribution is 2.30. The Bertz CT molecular complexity index is 404. The van der Waals surface area contributed by atoms with Gasteiger partial charge in [0.15, 0.2) is 0 Å². The van der Waals surface area contributed by atoms with Crippen LogP contribution in [0.3, 0.4) is 0 Å². The fraction of sp³-hybridized carbons (Fsp3) is 0.692. The number of hydrogen-bond acceptors (Lipinski definition) is 4. The first-order valence-corrected chi connectivity index (χ1v) is 6.46. The zero-order chi connectivity index (χ0) is 11.7. The van der Waals surface area contributed by atoms with Gasteiger partial charge in [0, 0.05) is 31.6 Å². The van der Waals surface area contributed by atoms with Gasteiger partial charge in [0.25, 0.3) is 0 Å². The smallest absolute Gasteiger partial charge is 0.219 e. The van der Waals surface area contributed by atoms with Crippen molar-refractivity contribution in [2.24, 2.45) is 5.92 Å². The van der Waals surface area contributed by atoms with E-state index in [0.29, 0.717) is 0 Å². The summed E-state index contributed by atoms with van der Waals surface area (Å²) < 4.78 is 5.33. The Hall–Kier alpha value is -1.16. The molecule has 1 aliphatic carbocycles. The summed E-state index contributed by atoms with van der Waals surface area (Å²) in [4.78, 5) is 11.2. The number of nitrogens with zero attached hydrogens (tertiary/aromatic N) is 3. The molecular formula is C13H19N3O. The van der Waals surface area contributed by atoms with Crippen molar-refractivity contribution in [2.75, 3.05) is 26.7 Å². The van der Waals surface area contributed by atoms with E-state index in [0.717, 1.165) is 37.7 Å². The third kappa shape index (κ3) is 2.41. The molecule has 4 heteroatoms. The Morgan fingerprint density at radius 1 is 1.29 bits per heavy atom. The molecule has 0 saturated heterocycles. The molecule has 3 rings (SSSR count). The van der Waals surface area contributed by atoms with E-state index >= 15 is 0 Å². The second kappa shape index (κ2) is 4.61. The Morgan fingerprint density at radius 3 is 2.88 bits per heavy atom. The molecule has 0 atom stereocenters. The number of aromatic nitrogens is 2. The van der Waals surface area contributed by atoms with E-state index in [1.165, 1.54) is 30.6 Å². The van der Waals surface area contributed by atoms with Crippen molar-refractivity contribution in [3.05, 3.63) is 17.6 Å². The third-order valence-electron chi connectivity index (χ3n) is 3.74. The summed E-state index contributed by atoms with van der Waals surface area (Å²) in [5, 5.41) is 0. The highest BCUT2D eigenvalue weighted by molar-refractivity contribution is 5.31. The van der Waals surface area contributed by atoms with Gasteiger partial charge < -0.3 is 9.64 Å². The lowest BCUT2D eigenvalue weighted by molar-refractivity contribution is 0.275. The first-order chi connectivity index (χ1) is 8.36. The number of fused-ring (bicyclic) bond motifs is 1. The number of ether oxygens (including phenoxy) is 1. The standard InChI is InChI=1S/C13H19N3O/c1-17-13-11-4-6-16(8-10-2-3-10)7-5-12(11)14-9-15-13/h9-10H,2-8H2,1H3. The van der Waals surface area contributed by atoms with Gasteiger partial charge in [-0.05, 0) is 25.2 Å². The lowest BCUT2D eigenvalue weighted by Gasteiger charge is -2.18. The van der Waals surface area contributed by atoms with E-state index < -0.39 is 0 Å². The molecule has 2 aliphatic rings. The molecule has 1 saturated carbocycles. The molecule has 0 N–H and O–H groups in total. The topological polar surface area (TPSA) is 38.3 Å². The summed E-state index contributed by atoms with van der Waals surface area (Å²) in [7, 11) is 1.69. The molecule has 0 spiro atoms. The predicted octanol–water partition coefficient (Wildman–Crippen LogP) is 1.30. The zero-order valence-electron chi connectivity index (χ0n) is 10.4. The van der Waals surface area contributed by atoms with Crippen molar-refractivity contribution < 1.29 is 4.74 Å². The summed E-state index contributed by atoms with van der Waals surface area (Å²) in [5.41, 5.74) is 2.39. The molecule has 0 amide bonds. The quantitative estimate of drug-likeness (QED) is 0.788. The maximum atomic E-state index is 5.33. The summed E-state index contributed by atoms with van der Waals surface area (Å²) in [6.07, 6.45) is 6.51. The van der Waals surface area contributed by atoms with Crippen molar-refractivity contribution in [1.29, 1.82) is 0 Å². The van der Waals surface area contributed by atoms with Crippen LogP contribution in [0.4, 0.5) is 0 Å². The summed E-state index contributed by atoms with van der Waals surface area (Å²) >= 11 is 0. The largest absolute Gasteiger partial charge is 0.481 e. The van der Waals surface area contributed by atoms with Crippen LogP contribution in [-0.2, 0) is 12.8 Å². The number of hydrogen-bond donors (Lipinski definition) is 0. The van der Waals surface area contributed by atoms with Crippen LogP contribution in [0.5, 0.6) is 5.88 Å². The molecule has 0 aromatic carbocycles. The SMILES string of the molecule is COc1ncnc2c1CCN(CC1CC1)CC2. The van der Waals surface area contributed by atoms with Crippen LogP contribution in [0.2, 0.25) is 0 Å². The fourth-order valence-corrected chi connectivity index (χ4v) is 2.57. The summed E-state index contributed by atoms with van der Waals surface area (Å²) in [6, 6.07) is 0. The fourth-order valence-electron chi connectivity index (χ4n) is 2.57. The van der Waals surface area contributed by atoms with Crippen molar-refractivity contribution in [3.8, 4) is 5.88 Å². The average Bonchev–Trinajstić information content (AvgIpc) is 3.17. The lowest BCUT2D eigenvalue weighted by atomic mass is 10.1. The van der Waals surface area contributed by atoms with E-state index in [9.17, 15) is 0 Å². The molecule has 0 radical (unpaired) electrons. The molecule has 1 aromatic heterocycles. The molecule has 17 heavy (non-hydrogen) atoms. The van der Waals surface area contributed by atoms with E-state index in [4.69, 9.17) is 4.74 Å². The van der Waals surface area contributed by atoms with E-state index in [1.54, 1.807) is 13.4 Å². The monoisotopic (exact) mass is 233 g/mol. The van der Waals surface area contributed by atoms with E-state index in [2.05, 4.69) is 14.9 Å². The van der Waals surface area contributed by atoms with Crippen LogP contribution in [0.1, 0.15) is 24.1 Å². The minimum Gasteiger partial charge on any atom is -0.481 e. The Kier molecular flexibility index (Phi) is 2.97. The van der Waals surface area contributed by atoms with Gasteiger partial charge in [-0.1, -0.05) is 0 Å². The van der Waals surface area contributed by atoms with Crippen molar-refractivity contribution in [3.63, 3.8) is 0 Å². The predicted molar refractivity (Wildman–Crippen MR) is 65.2 cm³/mol. The molecule has 92 valence electrons. The average molecular weight is 233 g/mol. The molecule has 0 bridgehead atoms. The van der Waals surface area contributed by atoms with E-state index in [1.807, 2.05) is 0 Å². The molecule has 1 aromatic rings. The van der Waals surface area contributed by atoms with Gasteiger partial charge >= 0.3 is 0 Å². The third-order valence-corrected chi connectivity index (χ3v) is 3.74. The van der Waals surface area contributed by atoms with Crippen molar-refractivity contribution >= 4 is 0 Å². The highest BCUT2D eigenvalue weighted by atomic mass is 16.5. The molecule has 0 unspecified atom stereocenters.